The summed E-state index contributed by atoms with van der Waals surface area (Å²) in [6.45, 7) is 2.85. The molecule has 2 rings (SSSR count). The molecule has 1 fully saturated rings. The van der Waals surface area contributed by atoms with E-state index >= 15 is 0 Å². The van der Waals surface area contributed by atoms with Crippen molar-refractivity contribution >= 4 is 11.9 Å². The van der Waals surface area contributed by atoms with E-state index in [1.165, 1.54) is 31.2 Å². The molecule has 1 heterocycles. The second-order valence-corrected chi connectivity index (χ2v) is 5.44. The van der Waals surface area contributed by atoms with Crippen molar-refractivity contribution in [1.82, 2.24) is 10.3 Å². The van der Waals surface area contributed by atoms with Gasteiger partial charge >= 0.3 is 5.97 Å². The molecule has 0 aliphatic heterocycles. The minimum atomic E-state index is -1.09. The molecule has 0 unspecified atom stereocenters. The van der Waals surface area contributed by atoms with Gasteiger partial charge in [-0.3, -0.25) is 4.79 Å². The van der Waals surface area contributed by atoms with Gasteiger partial charge in [-0.15, -0.1) is 0 Å². The highest BCUT2D eigenvalue weighted by Gasteiger charge is 2.28. The number of aromatic nitrogens is 1. The van der Waals surface area contributed by atoms with Gasteiger partial charge in [-0.1, -0.05) is 19.8 Å². The molecular formula is C14H18N2O3. The Morgan fingerprint density at radius 3 is 2.58 bits per heavy atom. The molecule has 1 aliphatic carbocycles. The summed E-state index contributed by atoms with van der Waals surface area (Å²) in [5.41, 5.74) is 0.537. The van der Waals surface area contributed by atoms with Crippen LogP contribution in [0.1, 0.15) is 53.5 Å². The minimum absolute atomic E-state index is 0.0562. The van der Waals surface area contributed by atoms with Crippen LogP contribution in [0.3, 0.4) is 0 Å². The molecule has 102 valence electrons. The van der Waals surface area contributed by atoms with Crippen molar-refractivity contribution in [3.63, 3.8) is 0 Å². The summed E-state index contributed by atoms with van der Waals surface area (Å²) in [6, 6.07) is 2.83. The van der Waals surface area contributed by atoms with Crippen molar-refractivity contribution in [2.75, 3.05) is 6.54 Å². The van der Waals surface area contributed by atoms with E-state index in [0.29, 0.717) is 12.1 Å². The van der Waals surface area contributed by atoms with Gasteiger partial charge in [0.1, 0.15) is 5.69 Å². The van der Waals surface area contributed by atoms with E-state index in [-0.39, 0.29) is 17.0 Å². The minimum Gasteiger partial charge on any atom is -0.477 e. The summed E-state index contributed by atoms with van der Waals surface area (Å²) in [4.78, 5) is 26.3. The molecule has 19 heavy (non-hydrogen) atoms. The Morgan fingerprint density at radius 1 is 1.37 bits per heavy atom. The molecule has 1 saturated carbocycles. The number of nitrogens with zero attached hydrogens (tertiary/aromatic N) is 1. The summed E-state index contributed by atoms with van der Waals surface area (Å²) in [5.74, 6) is -1.29. The van der Waals surface area contributed by atoms with Crippen molar-refractivity contribution in [3.05, 3.63) is 29.6 Å². The maximum absolute atomic E-state index is 11.9. The van der Waals surface area contributed by atoms with Crippen LogP contribution in [0.25, 0.3) is 0 Å². The molecule has 5 nitrogen and oxygen atoms in total. The first kappa shape index (κ1) is 13.5. The molecule has 0 bridgehead atoms. The van der Waals surface area contributed by atoms with Crippen LogP contribution in [0.15, 0.2) is 18.3 Å². The average Bonchev–Trinajstić information content (AvgIpc) is 2.83. The van der Waals surface area contributed by atoms with Crippen molar-refractivity contribution in [1.29, 1.82) is 0 Å². The van der Waals surface area contributed by atoms with Gasteiger partial charge in [-0.25, -0.2) is 9.78 Å². The van der Waals surface area contributed by atoms with Gasteiger partial charge in [0.25, 0.3) is 5.91 Å². The summed E-state index contributed by atoms with van der Waals surface area (Å²) in [6.07, 6.45) is 6.03. The number of carboxylic acids is 1. The highest BCUT2D eigenvalue weighted by atomic mass is 16.4. The van der Waals surface area contributed by atoms with Crippen LogP contribution in [-0.4, -0.2) is 28.5 Å². The quantitative estimate of drug-likeness (QED) is 0.870. The van der Waals surface area contributed by atoms with Crippen LogP contribution in [0.2, 0.25) is 0 Å². The third-order valence-electron chi connectivity index (χ3n) is 3.73. The zero-order valence-electron chi connectivity index (χ0n) is 11.0. The zero-order valence-corrected chi connectivity index (χ0v) is 11.0. The third-order valence-corrected chi connectivity index (χ3v) is 3.73. The molecule has 0 atom stereocenters. The lowest BCUT2D eigenvalue weighted by Crippen LogP contribution is -2.34. The summed E-state index contributed by atoms with van der Waals surface area (Å²) in [7, 11) is 0. The van der Waals surface area contributed by atoms with Gasteiger partial charge in [0.2, 0.25) is 0 Å². The maximum Gasteiger partial charge on any atom is 0.354 e. The van der Waals surface area contributed by atoms with E-state index in [1.807, 2.05) is 0 Å². The third kappa shape index (κ3) is 3.30. The Bertz CT molecular complexity index is 476. The van der Waals surface area contributed by atoms with Crippen LogP contribution in [0.5, 0.6) is 0 Å². The van der Waals surface area contributed by atoms with Crippen molar-refractivity contribution in [2.45, 2.75) is 32.6 Å². The number of carbonyl (C=O) groups excluding carboxylic acids is 1. The highest BCUT2D eigenvalue weighted by Crippen LogP contribution is 2.36. The number of carboxylic acid groups (broad SMARTS) is 1. The Hall–Kier alpha value is -1.91. The Labute approximate surface area is 112 Å². The molecule has 0 spiro atoms. The molecule has 0 radical (unpaired) electrons. The highest BCUT2D eigenvalue weighted by molar-refractivity contribution is 5.94. The monoisotopic (exact) mass is 262 g/mol. The van der Waals surface area contributed by atoms with Crippen molar-refractivity contribution < 1.29 is 14.7 Å². The molecule has 1 aromatic heterocycles. The normalized spacial score (nSPS) is 17.1. The molecule has 0 aromatic carbocycles. The second-order valence-electron chi connectivity index (χ2n) is 5.44. The Morgan fingerprint density at radius 2 is 2.05 bits per heavy atom. The standard InChI is InChI=1S/C14H18N2O3/c1-14(6-2-3-7-14)9-16-12(17)10-4-5-11(13(18)19)15-8-10/h4-5,8H,2-3,6-7,9H2,1H3,(H,16,17)(H,18,19). The van der Waals surface area contributed by atoms with E-state index in [9.17, 15) is 9.59 Å². The van der Waals surface area contributed by atoms with Crippen molar-refractivity contribution in [3.8, 4) is 0 Å². The summed E-state index contributed by atoms with van der Waals surface area (Å²) in [5, 5.41) is 11.6. The van der Waals surface area contributed by atoms with E-state index in [1.54, 1.807) is 0 Å². The largest absolute Gasteiger partial charge is 0.477 e. The smallest absolute Gasteiger partial charge is 0.354 e. The molecular weight excluding hydrogens is 244 g/mol. The number of hydrogen-bond donors (Lipinski definition) is 2. The fourth-order valence-corrected chi connectivity index (χ4v) is 2.46. The van der Waals surface area contributed by atoms with Gasteiger partial charge in [0.05, 0.1) is 5.56 Å². The van der Waals surface area contributed by atoms with E-state index in [4.69, 9.17) is 5.11 Å². The number of nitrogens with one attached hydrogen (secondary N) is 1. The predicted molar refractivity (Wildman–Crippen MR) is 70.1 cm³/mol. The summed E-state index contributed by atoms with van der Waals surface area (Å²) < 4.78 is 0. The van der Waals surface area contributed by atoms with Gasteiger partial charge < -0.3 is 10.4 Å². The molecule has 1 aliphatic rings. The number of carbonyl (C=O) groups is 2. The first-order valence-corrected chi connectivity index (χ1v) is 6.48. The van der Waals surface area contributed by atoms with Crippen LogP contribution >= 0.6 is 0 Å². The molecule has 5 heteroatoms. The zero-order chi connectivity index (χ0) is 13.9. The number of hydrogen-bond acceptors (Lipinski definition) is 3. The number of pyridine rings is 1. The maximum atomic E-state index is 11.9. The van der Waals surface area contributed by atoms with Gasteiger partial charge in [0, 0.05) is 12.7 Å². The SMILES string of the molecule is CC1(CNC(=O)c2ccc(C(=O)O)nc2)CCCC1. The first-order valence-electron chi connectivity index (χ1n) is 6.48. The molecule has 0 saturated heterocycles. The molecule has 1 amide bonds. The fraction of sp³-hybridized carbons (Fsp3) is 0.500. The second kappa shape index (κ2) is 5.38. The number of aromatic carboxylic acids is 1. The Kier molecular flexibility index (Phi) is 3.83. The van der Waals surface area contributed by atoms with Crippen LogP contribution in [-0.2, 0) is 0 Å². The number of rotatable bonds is 4. The van der Waals surface area contributed by atoms with E-state index in [2.05, 4.69) is 17.2 Å². The van der Waals surface area contributed by atoms with Crippen LogP contribution in [0, 0.1) is 5.41 Å². The topological polar surface area (TPSA) is 79.3 Å². The Balaban J connectivity index is 1.94. The van der Waals surface area contributed by atoms with Crippen LogP contribution in [0.4, 0.5) is 0 Å². The van der Waals surface area contributed by atoms with Gasteiger partial charge in [-0.05, 0) is 30.4 Å². The fourth-order valence-electron chi connectivity index (χ4n) is 2.46. The van der Waals surface area contributed by atoms with E-state index in [0.717, 1.165) is 12.8 Å². The number of amides is 1. The first-order chi connectivity index (χ1) is 9.00. The van der Waals surface area contributed by atoms with Gasteiger partial charge in [0.15, 0.2) is 0 Å². The average molecular weight is 262 g/mol. The van der Waals surface area contributed by atoms with Crippen LogP contribution < -0.4 is 5.32 Å². The van der Waals surface area contributed by atoms with Gasteiger partial charge in [-0.2, -0.15) is 0 Å². The van der Waals surface area contributed by atoms with Crippen molar-refractivity contribution in [2.24, 2.45) is 5.41 Å². The van der Waals surface area contributed by atoms with E-state index < -0.39 is 5.97 Å². The molecule has 1 aromatic rings. The summed E-state index contributed by atoms with van der Waals surface area (Å²) >= 11 is 0. The lowest BCUT2D eigenvalue weighted by atomic mass is 9.89. The lowest BCUT2D eigenvalue weighted by Gasteiger charge is -2.23. The predicted octanol–water partition coefficient (Wildman–Crippen LogP) is 2.09. The lowest BCUT2D eigenvalue weighted by molar-refractivity contribution is 0.0689. The molecule has 2 N–H and O–H groups in total.